The van der Waals surface area contributed by atoms with Gasteiger partial charge in [-0.15, -0.1) is 13.2 Å². The highest BCUT2D eigenvalue weighted by atomic mass is 31.2. The molecule has 6 heteroatoms. The Hall–Kier alpha value is -0.0300. The molecular formula is C2H13N2O3P. The molecule has 0 spiro atoms. The van der Waals surface area contributed by atoms with Crippen LogP contribution in [0.2, 0.25) is 0 Å². The average Bonchev–Trinajstić information content (AvgIpc) is 1.41. The van der Waals surface area contributed by atoms with E-state index >= 15 is 0 Å². The molecule has 8 heavy (non-hydrogen) atoms. The molecule has 0 unspecified atom stereocenters. The molecular weight excluding hydrogens is 131 g/mol. The van der Waals surface area contributed by atoms with Crippen LogP contribution >= 0.6 is 8.60 Å². The fourth-order valence-electron chi connectivity index (χ4n) is 0. The van der Waals surface area contributed by atoms with E-state index in [0.717, 1.165) is 0 Å². The summed E-state index contributed by atoms with van der Waals surface area (Å²) in [6.45, 7) is 6.00. The van der Waals surface area contributed by atoms with Crippen molar-refractivity contribution >= 4 is 8.60 Å². The van der Waals surface area contributed by atoms with Crippen molar-refractivity contribution in [2.45, 2.75) is 0 Å². The molecule has 0 aromatic rings. The Kier molecular flexibility index (Phi) is 86.5. The van der Waals surface area contributed by atoms with Crippen molar-refractivity contribution in [2.75, 3.05) is 0 Å². The van der Waals surface area contributed by atoms with E-state index in [9.17, 15) is 0 Å². The normalized spacial score (nSPS) is 5.00. The SMILES string of the molecule is C=C.N.N.OP(O)O. The van der Waals surface area contributed by atoms with Crippen LogP contribution in [0.4, 0.5) is 0 Å². The molecule has 0 saturated carbocycles. The Morgan fingerprint density at radius 2 is 0.875 bits per heavy atom. The summed E-state index contributed by atoms with van der Waals surface area (Å²) in [4.78, 5) is 21.7. The summed E-state index contributed by atoms with van der Waals surface area (Å²) in [5.74, 6) is 0. The van der Waals surface area contributed by atoms with E-state index in [4.69, 9.17) is 14.7 Å². The Morgan fingerprint density at radius 3 is 0.875 bits per heavy atom. The minimum Gasteiger partial charge on any atom is -0.344 e. The van der Waals surface area contributed by atoms with Crippen molar-refractivity contribution in [1.82, 2.24) is 12.3 Å². The average molecular weight is 144 g/mol. The van der Waals surface area contributed by atoms with Crippen molar-refractivity contribution in [2.24, 2.45) is 0 Å². The van der Waals surface area contributed by atoms with Crippen LogP contribution in [0.25, 0.3) is 0 Å². The van der Waals surface area contributed by atoms with E-state index < -0.39 is 8.60 Å². The van der Waals surface area contributed by atoms with Gasteiger partial charge in [0.1, 0.15) is 0 Å². The van der Waals surface area contributed by atoms with E-state index in [1.165, 1.54) is 0 Å². The number of hydrogen-bond donors (Lipinski definition) is 5. The number of hydrogen-bond acceptors (Lipinski definition) is 5. The largest absolute Gasteiger partial charge is 0.344 e. The van der Waals surface area contributed by atoms with Gasteiger partial charge in [-0.05, 0) is 0 Å². The van der Waals surface area contributed by atoms with Crippen LogP contribution in [-0.4, -0.2) is 14.7 Å². The van der Waals surface area contributed by atoms with Gasteiger partial charge < -0.3 is 27.0 Å². The monoisotopic (exact) mass is 144 g/mol. The van der Waals surface area contributed by atoms with E-state index in [1.54, 1.807) is 0 Å². The van der Waals surface area contributed by atoms with Crippen molar-refractivity contribution in [3.63, 3.8) is 0 Å². The van der Waals surface area contributed by atoms with E-state index in [2.05, 4.69) is 13.2 Å². The van der Waals surface area contributed by atoms with E-state index in [1.807, 2.05) is 0 Å². The van der Waals surface area contributed by atoms with Crippen LogP contribution in [0.5, 0.6) is 0 Å². The lowest BCUT2D eigenvalue weighted by Gasteiger charge is -1.76. The van der Waals surface area contributed by atoms with Crippen molar-refractivity contribution in [1.29, 1.82) is 0 Å². The predicted octanol–water partition coefficient (Wildman–Crippen LogP) is 0.316. The second-order valence-electron chi connectivity index (χ2n) is 0.268. The zero-order valence-corrected chi connectivity index (χ0v) is 5.51. The maximum absolute atomic E-state index is 7.23. The van der Waals surface area contributed by atoms with Gasteiger partial charge in [-0.3, -0.25) is 0 Å². The third kappa shape index (κ3) is 164000. The summed E-state index contributed by atoms with van der Waals surface area (Å²) in [6, 6.07) is 0. The van der Waals surface area contributed by atoms with E-state index in [-0.39, 0.29) is 12.3 Å². The topological polar surface area (TPSA) is 131 Å². The molecule has 0 aliphatic rings. The van der Waals surface area contributed by atoms with E-state index in [0.29, 0.717) is 0 Å². The molecule has 54 valence electrons. The van der Waals surface area contributed by atoms with Gasteiger partial charge in [0.2, 0.25) is 0 Å². The lowest BCUT2D eigenvalue weighted by molar-refractivity contribution is 0.368. The molecule has 0 aromatic heterocycles. The van der Waals surface area contributed by atoms with Gasteiger partial charge in [0.05, 0.1) is 0 Å². The molecule has 0 heterocycles. The van der Waals surface area contributed by atoms with Crippen LogP contribution in [0.15, 0.2) is 13.2 Å². The predicted molar refractivity (Wildman–Crippen MR) is 34.9 cm³/mol. The molecule has 0 aliphatic carbocycles. The van der Waals surface area contributed by atoms with Gasteiger partial charge in [-0.1, -0.05) is 0 Å². The molecule has 0 rings (SSSR count). The molecule has 0 aromatic carbocycles. The fraction of sp³-hybridized carbons (Fsp3) is 0. The summed E-state index contributed by atoms with van der Waals surface area (Å²) in [5.41, 5.74) is 0. The smallest absolute Gasteiger partial charge is 0.324 e. The van der Waals surface area contributed by atoms with Crippen LogP contribution in [0.1, 0.15) is 0 Å². The first-order chi connectivity index (χ1) is 2.73. The lowest BCUT2D eigenvalue weighted by Crippen LogP contribution is -1.54. The second-order valence-corrected chi connectivity index (χ2v) is 0.805. The van der Waals surface area contributed by atoms with Gasteiger partial charge in [-0.25, -0.2) is 0 Å². The third-order valence-corrected chi connectivity index (χ3v) is 0. The quantitative estimate of drug-likeness (QED) is 0.247. The summed E-state index contributed by atoms with van der Waals surface area (Å²) >= 11 is 0. The van der Waals surface area contributed by atoms with Crippen molar-refractivity contribution in [3.8, 4) is 0 Å². The highest BCUT2D eigenvalue weighted by Crippen LogP contribution is 2.11. The van der Waals surface area contributed by atoms with Crippen molar-refractivity contribution in [3.05, 3.63) is 13.2 Å². The molecule has 0 fully saturated rings. The van der Waals surface area contributed by atoms with Crippen LogP contribution in [-0.2, 0) is 0 Å². The second kappa shape index (κ2) is 28.2. The first kappa shape index (κ1) is 24.6. The number of rotatable bonds is 0. The minimum atomic E-state index is -2.62. The van der Waals surface area contributed by atoms with Crippen LogP contribution in [0, 0.1) is 0 Å². The Labute approximate surface area is 49.8 Å². The van der Waals surface area contributed by atoms with Gasteiger partial charge >= 0.3 is 8.60 Å². The minimum absolute atomic E-state index is 0. The highest BCUT2D eigenvalue weighted by molar-refractivity contribution is 7.38. The first-order valence-electron chi connectivity index (χ1n) is 1.10. The molecule has 0 aliphatic heterocycles. The molecule has 0 radical (unpaired) electrons. The zero-order valence-electron chi connectivity index (χ0n) is 4.62. The summed E-state index contributed by atoms with van der Waals surface area (Å²) < 4.78 is 0. The molecule has 0 bridgehead atoms. The molecule has 0 amide bonds. The molecule has 5 nitrogen and oxygen atoms in total. The molecule has 0 atom stereocenters. The standard InChI is InChI=1S/C2H4.2H3N.H3O3P/c1-2;;;1-4(2)3/h1-2H2;2*1H3;1-3H. The lowest BCUT2D eigenvalue weighted by atomic mass is 11.3. The van der Waals surface area contributed by atoms with Crippen LogP contribution < -0.4 is 12.3 Å². The molecule has 0 saturated heterocycles. The van der Waals surface area contributed by atoms with Gasteiger partial charge in [0, 0.05) is 0 Å². The summed E-state index contributed by atoms with van der Waals surface area (Å²) in [5, 5.41) is 0. The third-order valence-electron chi connectivity index (χ3n) is 0. The van der Waals surface area contributed by atoms with Gasteiger partial charge in [0.15, 0.2) is 0 Å². The Balaban J connectivity index is -0.0000000183. The maximum atomic E-state index is 7.23. The molecule has 9 N–H and O–H groups in total. The Bertz CT molecular complexity index is 26.5. The van der Waals surface area contributed by atoms with Gasteiger partial charge in [0.25, 0.3) is 0 Å². The summed E-state index contributed by atoms with van der Waals surface area (Å²) in [6.07, 6.45) is 0. The van der Waals surface area contributed by atoms with Gasteiger partial charge in [-0.2, -0.15) is 0 Å². The zero-order chi connectivity index (χ0) is 5.58. The Morgan fingerprint density at radius 1 is 0.875 bits per heavy atom. The van der Waals surface area contributed by atoms with Crippen molar-refractivity contribution < 1.29 is 14.7 Å². The maximum Gasteiger partial charge on any atom is 0.324 e. The fourth-order valence-corrected chi connectivity index (χ4v) is 0. The van der Waals surface area contributed by atoms with Crippen LogP contribution in [0.3, 0.4) is 0 Å². The summed E-state index contributed by atoms with van der Waals surface area (Å²) in [7, 11) is -2.62. The highest BCUT2D eigenvalue weighted by Gasteiger charge is 1.76. The first-order valence-corrected chi connectivity index (χ1v) is 2.30.